The van der Waals surface area contributed by atoms with Crippen LogP contribution in [0.3, 0.4) is 0 Å². The highest BCUT2D eigenvalue weighted by Gasteiger charge is 2.14. The SMILES string of the molecule is Cc1ccc(-c2cc(C(=O)NCCCc3ccccc3)c3ccccc3n2)c(C)c1. The Morgan fingerprint density at radius 2 is 1.67 bits per heavy atom. The van der Waals surface area contributed by atoms with Crippen LogP contribution in [0.5, 0.6) is 0 Å². The molecule has 0 radical (unpaired) electrons. The van der Waals surface area contributed by atoms with Crippen LogP contribution in [0.1, 0.15) is 33.5 Å². The zero-order valence-electron chi connectivity index (χ0n) is 17.5. The third kappa shape index (κ3) is 4.41. The van der Waals surface area contributed by atoms with E-state index in [1.807, 2.05) is 48.5 Å². The molecule has 0 aliphatic rings. The van der Waals surface area contributed by atoms with E-state index in [9.17, 15) is 4.79 Å². The Balaban J connectivity index is 1.58. The third-order valence-corrected chi connectivity index (χ3v) is 5.39. The number of rotatable bonds is 6. The maximum Gasteiger partial charge on any atom is 0.252 e. The third-order valence-electron chi connectivity index (χ3n) is 5.39. The molecule has 0 atom stereocenters. The first-order valence-electron chi connectivity index (χ1n) is 10.4. The summed E-state index contributed by atoms with van der Waals surface area (Å²) in [5.41, 5.74) is 7.07. The van der Waals surface area contributed by atoms with Gasteiger partial charge in [0, 0.05) is 17.5 Å². The number of carbonyl (C=O) groups is 1. The lowest BCUT2D eigenvalue weighted by Gasteiger charge is -2.12. The first kappa shape index (κ1) is 19.8. The lowest BCUT2D eigenvalue weighted by Crippen LogP contribution is -2.25. The van der Waals surface area contributed by atoms with Gasteiger partial charge in [-0.25, -0.2) is 4.98 Å². The minimum absolute atomic E-state index is 0.0484. The van der Waals surface area contributed by atoms with Gasteiger partial charge in [-0.2, -0.15) is 0 Å². The summed E-state index contributed by atoms with van der Waals surface area (Å²) in [5, 5.41) is 3.98. The van der Waals surface area contributed by atoms with Gasteiger partial charge in [0.1, 0.15) is 0 Å². The summed E-state index contributed by atoms with van der Waals surface area (Å²) >= 11 is 0. The number of nitrogens with one attached hydrogen (secondary N) is 1. The molecule has 4 rings (SSSR count). The van der Waals surface area contributed by atoms with Crippen molar-refractivity contribution < 1.29 is 4.79 Å². The van der Waals surface area contributed by atoms with Crippen LogP contribution in [0.2, 0.25) is 0 Å². The Labute approximate surface area is 177 Å². The van der Waals surface area contributed by atoms with E-state index in [1.165, 1.54) is 11.1 Å². The normalized spacial score (nSPS) is 10.9. The fourth-order valence-corrected chi connectivity index (χ4v) is 3.84. The van der Waals surface area contributed by atoms with Crippen molar-refractivity contribution in [1.29, 1.82) is 0 Å². The van der Waals surface area contributed by atoms with Gasteiger partial charge in [0.15, 0.2) is 0 Å². The second-order valence-corrected chi connectivity index (χ2v) is 7.74. The van der Waals surface area contributed by atoms with Crippen molar-refractivity contribution in [1.82, 2.24) is 10.3 Å². The second-order valence-electron chi connectivity index (χ2n) is 7.74. The van der Waals surface area contributed by atoms with Gasteiger partial charge in [0.25, 0.3) is 5.91 Å². The van der Waals surface area contributed by atoms with Gasteiger partial charge >= 0.3 is 0 Å². The number of aromatic nitrogens is 1. The van der Waals surface area contributed by atoms with Crippen molar-refractivity contribution >= 4 is 16.8 Å². The van der Waals surface area contributed by atoms with Crippen LogP contribution in [0, 0.1) is 13.8 Å². The Kier molecular flexibility index (Phi) is 5.89. The Hall–Kier alpha value is -3.46. The second kappa shape index (κ2) is 8.91. The first-order chi connectivity index (χ1) is 14.6. The average molecular weight is 395 g/mol. The molecule has 0 aliphatic carbocycles. The quantitative estimate of drug-likeness (QED) is 0.415. The molecule has 4 aromatic rings. The van der Waals surface area contributed by atoms with Crippen LogP contribution in [-0.2, 0) is 6.42 Å². The molecule has 1 aromatic heterocycles. The molecule has 0 fully saturated rings. The van der Waals surface area contributed by atoms with Crippen LogP contribution in [0.4, 0.5) is 0 Å². The number of fused-ring (bicyclic) bond motifs is 1. The fraction of sp³-hybridized carbons (Fsp3) is 0.185. The van der Waals surface area contributed by atoms with Gasteiger partial charge in [-0.3, -0.25) is 4.79 Å². The predicted octanol–water partition coefficient (Wildman–Crippen LogP) is 5.88. The van der Waals surface area contributed by atoms with E-state index in [4.69, 9.17) is 4.98 Å². The molecular weight excluding hydrogens is 368 g/mol. The minimum atomic E-state index is -0.0484. The molecular formula is C27H26N2O. The number of pyridine rings is 1. The highest BCUT2D eigenvalue weighted by molar-refractivity contribution is 6.07. The summed E-state index contributed by atoms with van der Waals surface area (Å²) < 4.78 is 0. The number of para-hydroxylation sites is 1. The van der Waals surface area contributed by atoms with E-state index >= 15 is 0 Å². The van der Waals surface area contributed by atoms with Crippen LogP contribution in [0.25, 0.3) is 22.2 Å². The summed E-state index contributed by atoms with van der Waals surface area (Å²) in [6.07, 6.45) is 1.86. The van der Waals surface area contributed by atoms with Gasteiger partial charge in [-0.05, 0) is 49.9 Å². The van der Waals surface area contributed by atoms with Crippen molar-refractivity contribution in [3.8, 4) is 11.3 Å². The van der Waals surface area contributed by atoms with Crippen LogP contribution >= 0.6 is 0 Å². The van der Waals surface area contributed by atoms with Crippen molar-refractivity contribution in [3.05, 3.63) is 101 Å². The Bertz CT molecular complexity index is 1180. The number of hydrogen-bond acceptors (Lipinski definition) is 2. The zero-order chi connectivity index (χ0) is 20.9. The maximum atomic E-state index is 13.1. The predicted molar refractivity (Wildman–Crippen MR) is 124 cm³/mol. The summed E-state index contributed by atoms with van der Waals surface area (Å²) in [5.74, 6) is -0.0484. The molecule has 3 nitrogen and oxygen atoms in total. The number of nitrogens with zero attached hydrogens (tertiary/aromatic N) is 1. The van der Waals surface area contributed by atoms with Crippen molar-refractivity contribution in [2.24, 2.45) is 0 Å². The lowest BCUT2D eigenvalue weighted by atomic mass is 9.99. The molecule has 30 heavy (non-hydrogen) atoms. The van der Waals surface area contributed by atoms with E-state index in [1.54, 1.807) is 0 Å². The van der Waals surface area contributed by atoms with Crippen molar-refractivity contribution in [3.63, 3.8) is 0 Å². The van der Waals surface area contributed by atoms with Gasteiger partial charge in [-0.15, -0.1) is 0 Å². The van der Waals surface area contributed by atoms with E-state index < -0.39 is 0 Å². The molecule has 3 heteroatoms. The number of benzene rings is 3. The molecule has 0 bridgehead atoms. The largest absolute Gasteiger partial charge is 0.352 e. The molecule has 0 saturated heterocycles. The topological polar surface area (TPSA) is 42.0 Å². The number of amides is 1. The van der Waals surface area contributed by atoms with E-state index in [0.717, 1.165) is 40.6 Å². The Morgan fingerprint density at radius 3 is 2.47 bits per heavy atom. The van der Waals surface area contributed by atoms with Gasteiger partial charge in [-0.1, -0.05) is 72.3 Å². The van der Waals surface area contributed by atoms with Crippen LogP contribution in [-0.4, -0.2) is 17.4 Å². The lowest BCUT2D eigenvalue weighted by molar-refractivity contribution is 0.0955. The maximum absolute atomic E-state index is 13.1. The Morgan fingerprint density at radius 1 is 0.900 bits per heavy atom. The molecule has 0 saturated carbocycles. The number of hydrogen-bond donors (Lipinski definition) is 1. The average Bonchev–Trinajstić information content (AvgIpc) is 2.76. The van der Waals surface area contributed by atoms with Gasteiger partial charge in [0.2, 0.25) is 0 Å². The highest BCUT2D eigenvalue weighted by Crippen LogP contribution is 2.27. The van der Waals surface area contributed by atoms with Gasteiger partial charge in [0.05, 0.1) is 16.8 Å². The smallest absolute Gasteiger partial charge is 0.252 e. The number of carbonyl (C=O) groups excluding carboxylic acids is 1. The van der Waals surface area contributed by atoms with E-state index in [-0.39, 0.29) is 5.91 Å². The first-order valence-corrected chi connectivity index (χ1v) is 10.4. The molecule has 150 valence electrons. The minimum Gasteiger partial charge on any atom is -0.352 e. The molecule has 1 amide bonds. The molecule has 1 N–H and O–H groups in total. The monoisotopic (exact) mass is 394 g/mol. The van der Waals surface area contributed by atoms with Gasteiger partial charge < -0.3 is 5.32 Å². The molecule has 1 heterocycles. The highest BCUT2D eigenvalue weighted by atomic mass is 16.1. The zero-order valence-corrected chi connectivity index (χ0v) is 17.5. The summed E-state index contributed by atoms with van der Waals surface area (Å²) in [6, 6.07) is 26.4. The summed E-state index contributed by atoms with van der Waals surface area (Å²) in [4.78, 5) is 17.9. The fourth-order valence-electron chi connectivity index (χ4n) is 3.84. The molecule has 3 aromatic carbocycles. The molecule has 0 spiro atoms. The van der Waals surface area contributed by atoms with E-state index in [0.29, 0.717) is 12.1 Å². The van der Waals surface area contributed by atoms with Crippen LogP contribution < -0.4 is 5.32 Å². The molecule has 0 aliphatic heterocycles. The van der Waals surface area contributed by atoms with Crippen molar-refractivity contribution in [2.75, 3.05) is 6.54 Å². The summed E-state index contributed by atoms with van der Waals surface area (Å²) in [7, 11) is 0. The number of aryl methyl sites for hydroxylation is 3. The molecule has 0 unspecified atom stereocenters. The van der Waals surface area contributed by atoms with E-state index in [2.05, 4.69) is 49.5 Å². The van der Waals surface area contributed by atoms with Crippen LogP contribution in [0.15, 0.2) is 78.9 Å². The van der Waals surface area contributed by atoms with Crippen molar-refractivity contribution in [2.45, 2.75) is 26.7 Å². The summed E-state index contributed by atoms with van der Waals surface area (Å²) in [6.45, 7) is 4.81. The standard InChI is InChI=1S/C27H26N2O/c1-19-14-15-22(20(2)17-19)26-18-24(23-12-6-7-13-25(23)29-26)27(30)28-16-8-11-21-9-4-3-5-10-21/h3-7,9-10,12-15,17-18H,8,11,16H2,1-2H3,(H,28,30).